The minimum Gasteiger partial charge on any atom is -0.398 e. The quantitative estimate of drug-likeness (QED) is 0.602. The number of halogens is 2. The molecule has 0 atom stereocenters. The molecule has 0 bridgehead atoms. The van der Waals surface area contributed by atoms with Crippen molar-refractivity contribution in [1.82, 2.24) is 4.90 Å². The second kappa shape index (κ2) is 7.13. The van der Waals surface area contributed by atoms with Crippen molar-refractivity contribution in [2.75, 3.05) is 12.3 Å². The summed E-state index contributed by atoms with van der Waals surface area (Å²) < 4.78 is 0.890. The molecule has 2 aromatic rings. The predicted molar refractivity (Wildman–Crippen MR) is 95.4 cm³/mol. The van der Waals surface area contributed by atoms with Crippen LogP contribution in [0.3, 0.4) is 0 Å². The summed E-state index contributed by atoms with van der Waals surface area (Å²) in [4.78, 5) is 14.4. The number of anilines is 1. The van der Waals surface area contributed by atoms with E-state index in [2.05, 4.69) is 22.6 Å². The van der Waals surface area contributed by atoms with E-state index in [0.29, 0.717) is 29.4 Å². The minimum atomic E-state index is -0.0346. The Bertz CT molecular complexity index is 660. The molecule has 2 rings (SSSR count). The fourth-order valence-electron chi connectivity index (χ4n) is 2.04. The second-order valence-corrected chi connectivity index (χ2v) is 6.24. The standard InChI is InChI=1S/C16H16ClIN2O/c1-2-20(10-11-5-3-4-6-15(11)19)16(21)13-9-12(17)7-8-14(13)18/h3-9H,2,10,19H2,1H3. The van der Waals surface area contributed by atoms with Gasteiger partial charge >= 0.3 is 0 Å². The number of hydrogen-bond donors (Lipinski definition) is 1. The van der Waals surface area contributed by atoms with E-state index in [1.54, 1.807) is 17.0 Å². The Morgan fingerprint density at radius 1 is 1.29 bits per heavy atom. The normalized spacial score (nSPS) is 10.4. The molecule has 0 unspecified atom stereocenters. The first-order valence-electron chi connectivity index (χ1n) is 6.60. The van der Waals surface area contributed by atoms with Crippen LogP contribution < -0.4 is 5.73 Å². The van der Waals surface area contributed by atoms with E-state index < -0.39 is 0 Å². The average molecular weight is 415 g/mol. The molecule has 0 fully saturated rings. The van der Waals surface area contributed by atoms with Crippen LogP contribution in [0.4, 0.5) is 5.69 Å². The zero-order valence-electron chi connectivity index (χ0n) is 11.6. The molecule has 0 saturated heterocycles. The van der Waals surface area contributed by atoms with Gasteiger partial charge in [0, 0.05) is 27.4 Å². The maximum atomic E-state index is 12.7. The molecule has 3 nitrogen and oxygen atoms in total. The van der Waals surface area contributed by atoms with Crippen molar-refractivity contribution in [1.29, 1.82) is 0 Å². The van der Waals surface area contributed by atoms with Crippen LogP contribution in [0.5, 0.6) is 0 Å². The van der Waals surface area contributed by atoms with Crippen LogP contribution in [0.15, 0.2) is 42.5 Å². The summed E-state index contributed by atoms with van der Waals surface area (Å²) in [5.41, 5.74) is 8.23. The molecular formula is C16H16ClIN2O. The maximum absolute atomic E-state index is 12.7. The molecule has 2 aromatic carbocycles. The third-order valence-corrected chi connectivity index (χ3v) is 4.42. The van der Waals surface area contributed by atoms with E-state index >= 15 is 0 Å². The Labute approximate surface area is 143 Å². The molecule has 2 N–H and O–H groups in total. The van der Waals surface area contributed by atoms with Crippen LogP contribution in [0.1, 0.15) is 22.8 Å². The lowest BCUT2D eigenvalue weighted by atomic mass is 10.1. The molecule has 0 aliphatic carbocycles. The molecule has 1 amide bonds. The zero-order chi connectivity index (χ0) is 15.4. The van der Waals surface area contributed by atoms with Crippen LogP contribution in [0.25, 0.3) is 0 Å². The lowest BCUT2D eigenvalue weighted by Crippen LogP contribution is -2.31. The Balaban J connectivity index is 2.27. The number of carbonyl (C=O) groups is 1. The van der Waals surface area contributed by atoms with Gasteiger partial charge < -0.3 is 10.6 Å². The smallest absolute Gasteiger partial charge is 0.255 e. The Morgan fingerprint density at radius 3 is 2.67 bits per heavy atom. The highest BCUT2D eigenvalue weighted by Gasteiger charge is 2.18. The molecule has 0 aliphatic heterocycles. The highest BCUT2D eigenvalue weighted by molar-refractivity contribution is 14.1. The number of rotatable bonds is 4. The number of amides is 1. The van der Waals surface area contributed by atoms with Crippen molar-refractivity contribution in [2.24, 2.45) is 0 Å². The summed E-state index contributed by atoms with van der Waals surface area (Å²) in [5.74, 6) is -0.0346. The number of para-hydroxylation sites is 1. The van der Waals surface area contributed by atoms with E-state index in [9.17, 15) is 4.79 Å². The van der Waals surface area contributed by atoms with Crippen molar-refractivity contribution in [3.8, 4) is 0 Å². The van der Waals surface area contributed by atoms with Crippen LogP contribution in [-0.4, -0.2) is 17.4 Å². The van der Waals surface area contributed by atoms with E-state index in [1.165, 1.54) is 0 Å². The van der Waals surface area contributed by atoms with Gasteiger partial charge in [0.15, 0.2) is 0 Å². The summed E-state index contributed by atoms with van der Waals surface area (Å²) in [6.07, 6.45) is 0. The molecule has 0 radical (unpaired) electrons. The largest absolute Gasteiger partial charge is 0.398 e. The molecule has 5 heteroatoms. The van der Waals surface area contributed by atoms with Gasteiger partial charge in [-0.15, -0.1) is 0 Å². The van der Waals surface area contributed by atoms with Crippen molar-refractivity contribution in [3.63, 3.8) is 0 Å². The van der Waals surface area contributed by atoms with Gasteiger partial charge in [-0.25, -0.2) is 0 Å². The lowest BCUT2D eigenvalue weighted by Gasteiger charge is -2.22. The first kappa shape index (κ1) is 16.1. The van der Waals surface area contributed by atoms with Crippen LogP contribution in [-0.2, 0) is 6.54 Å². The molecule has 110 valence electrons. The number of nitrogens with two attached hydrogens (primary N) is 1. The molecule has 0 spiro atoms. The molecule has 21 heavy (non-hydrogen) atoms. The number of carbonyl (C=O) groups excluding carboxylic acids is 1. The number of nitrogen functional groups attached to an aromatic ring is 1. The monoisotopic (exact) mass is 414 g/mol. The summed E-state index contributed by atoms with van der Waals surface area (Å²) in [6, 6.07) is 12.9. The van der Waals surface area contributed by atoms with Crippen molar-refractivity contribution in [3.05, 3.63) is 62.2 Å². The van der Waals surface area contributed by atoms with E-state index in [1.807, 2.05) is 37.3 Å². The summed E-state index contributed by atoms with van der Waals surface area (Å²) in [6.45, 7) is 3.05. The predicted octanol–water partition coefficient (Wildman–Crippen LogP) is 4.19. The average Bonchev–Trinajstić information content (AvgIpc) is 2.48. The van der Waals surface area contributed by atoms with Gasteiger partial charge in [-0.1, -0.05) is 29.8 Å². The first-order valence-corrected chi connectivity index (χ1v) is 8.06. The van der Waals surface area contributed by atoms with E-state index in [0.717, 1.165) is 9.13 Å². The van der Waals surface area contributed by atoms with Crippen molar-refractivity contribution >= 4 is 45.8 Å². The highest BCUT2D eigenvalue weighted by atomic mass is 127. The molecule has 0 aromatic heterocycles. The van der Waals surface area contributed by atoms with Gasteiger partial charge in [0.25, 0.3) is 5.91 Å². The zero-order valence-corrected chi connectivity index (χ0v) is 14.6. The lowest BCUT2D eigenvalue weighted by molar-refractivity contribution is 0.0752. The van der Waals surface area contributed by atoms with Crippen molar-refractivity contribution in [2.45, 2.75) is 13.5 Å². The molecule has 0 heterocycles. The van der Waals surface area contributed by atoms with Gasteiger partial charge in [-0.2, -0.15) is 0 Å². The van der Waals surface area contributed by atoms with E-state index in [4.69, 9.17) is 17.3 Å². The Morgan fingerprint density at radius 2 is 2.00 bits per heavy atom. The summed E-state index contributed by atoms with van der Waals surface area (Å²) in [7, 11) is 0. The van der Waals surface area contributed by atoms with Crippen LogP contribution >= 0.6 is 34.2 Å². The molecule has 0 aliphatic rings. The van der Waals surface area contributed by atoms with E-state index in [-0.39, 0.29) is 5.91 Å². The molecule has 0 saturated carbocycles. The van der Waals surface area contributed by atoms with Gasteiger partial charge in [-0.3, -0.25) is 4.79 Å². The van der Waals surface area contributed by atoms with Gasteiger partial charge in [0.05, 0.1) is 5.56 Å². The third kappa shape index (κ3) is 3.89. The maximum Gasteiger partial charge on any atom is 0.255 e. The van der Waals surface area contributed by atoms with Gasteiger partial charge in [-0.05, 0) is 59.3 Å². The van der Waals surface area contributed by atoms with Crippen LogP contribution in [0, 0.1) is 3.57 Å². The molecular weight excluding hydrogens is 399 g/mol. The minimum absolute atomic E-state index is 0.0346. The Hall–Kier alpha value is -1.27. The Kier molecular flexibility index (Phi) is 5.47. The SMILES string of the molecule is CCN(Cc1ccccc1N)C(=O)c1cc(Cl)ccc1I. The van der Waals surface area contributed by atoms with Gasteiger partial charge in [0.1, 0.15) is 0 Å². The first-order chi connectivity index (χ1) is 10.0. The topological polar surface area (TPSA) is 46.3 Å². The highest BCUT2D eigenvalue weighted by Crippen LogP contribution is 2.21. The fourth-order valence-corrected chi connectivity index (χ4v) is 2.78. The summed E-state index contributed by atoms with van der Waals surface area (Å²) >= 11 is 8.15. The number of benzene rings is 2. The summed E-state index contributed by atoms with van der Waals surface area (Å²) in [5, 5.41) is 0.564. The third-order valence-electron chi connectivity index (χ3n) is 3.24. The number of nitrogens with zero attached hydrogens (tertiary/aromatic N) is 1. The number of hydrogen-bond acceptors (Lipinski definition) is 2. The van der Waals surface area contributed by atoms with Gasteiger partial charge in [0.2, 0.25) is 0 Å². The fraction of sp³-hybridized carbons (Fsp3) is 0.188. The van der Waals surface area contributed by atoms with Crippen LogP contribution in [0.2, 0.25) is 5.02 Å². The second-order valence-electron chi connectivity index (χ2n) is 4.64. The van der Waals surface area contributed by atoms with Crippen molar-refractivity contribution < 1.29 is 4.79 Å².